The summed E-state index contributed by atoms with van der Waals surface area (Å²) in [5, 5.41) is 10.8. The van der Waals surface area contributed by atoms with Crippen LogP contribution in [0.25, 0.3) is 0 Å². The van der Waals surface area contributed by atoms with Gasteiger partial charge in [-0.1, -0.05) is 30.3 Å². The summed E-state index contributed by atoms with van der Waals surface area (Å²) < 4.78 is 17.9. The van der Waals surface area contributed by atoms with E-state index in [1.54, 1.807) is 7.11 Å². The Hall–Kier alpha value is -2.08. The molecule has 162 valence electrons. The highest BCUT2D eigenvalue weighted by molar-refractivity contribution is 5.50. The first-order valence-electron chi connectivity index (χ1n) is 10.8. The SMILES string of the molecule is COc1cc2c(cc1OCc1ccccc1)CCN1C[C@@H](OC(C)(C)C)[C@@H](O)C[C@H]21. The summed E-state index contributed by atoms with van der Waals surface area (Å²) >= 11 is 0. The molecule has 0 spiro atoms. The number of hydrogen-bond acceptors (Lipinski definition) is 5. The second-order valence-electron chi connectivity index (χ2n) is 9.31. The van der Waals surface area contributed by atoms with Gasteiger partial charge < -0.3 is 19.3 Å². The quantitative estimate of drug-likeness (QED) is 0.802. The molecule has 1 saturated heterocycles. The average Bonchev–Trinajstić information content (AvgIpc) is 2.72. The highest BCUT2D eigenvalue weighted by atomic mass is 16.5. The van der Waals surface area contributed by atoms with Crippen molar-refractivity contribution in [3.05, 3.63) is 59.2 Å². The van der Waals surface area contributed by atoms with Crippen LogP contribution in [0.3, 0.4) is 0 Å². The van der Waals surface area contributed by atoms with Crippen molar-refractivity contribution in [3.8, 4) is 11.5 Å². The molecular formula is C25H33NO4. The van der Waals surface area contributed by atoms with Gasteiger partial charge in [0.1, 0.15) is 6.61 Å². The summed E-state index contributed by atoms with van der Waals surface area (Å²) in [5.74, 6) is 1.52. The molecule has 5 heteroatoms. The number of piperidine rings is 1. The maximum absolute atomic E-state index is 10.8. The maximum atomic E-state index is 10.8. The molecule has 5 nitrogen and oxygen atoms in total. The lowest BCUT2D eigenvalue weighted by molar-refractivity contribution is -0.149. The fourth-order valence-electron chi connectivity index (χ4n) is 4.57. The number of nitrogens with zero attached hydrogens (tertiary/aromatic N) is 1. The Kier molecular flexibility index (Phi) is 6.05. The van der Waals surface area contributed by atoms with Gasteiger partial charge in [-0.15, -0.1) is 0 Å². The monoisotopic (exact) mass is 411 g/mol. The second kappa shape index (κ2) is 8.58. The number of aliphatic hydroxyl groups is 1. The summed E-state index contributed by atoms with van der Waals surface area (Å²) in [4.78, 5) is 2.44. The van der Waals surface area contributed by atoms with Crippen molar-refractivity contribution in [1.82, 2.24) is 4.90 Å². The molecule has 2 aliphatic rings. The van der Waals surface area contributed by atoms with Gasteiger partial charge in [0.15, 0.2) is 11.5 Å². The van der Waals surface area contributed by atoms with Crippen LogP contribution in [0.4, 0.5) is 0 Å². The van der Waals surface area contributed by atoms with Crippen molar-refractivity contribution < 1.29 is 19.3 Å². The second-order valence-corrected chi connectivity index (χ2v) is 9.31. The third-order valence-electron chi connectivity index (χ3n) is 5.94. The number of methoxy groups -OCH3 is 1. The standard InChI is InChI=1S/C25H33NO4/c1-25(2,3)30-24-15-26-11-10-18-12-23(29-16-17-8-6-5-7-9-17)22(28-4)13-19(18)20(26)14-21(24)27/h5-9,12-13,20-21,24,27H,10-11,14-16H2,1-4H3/t20-,21+,24-/m1/s1. The highest BCUT2D eigenvalue weighted by Crippen LogP contribution is 2.42. The first-order chi connectivity index (χ1) is 14.3. The van der Waals surface area contributed by atoms with Crippen molar-refractivity contribution in [3.63, 3.8) is 0 Å². The third kappa shape index (κ3) is 4.64. The molecule has 0 radical (unpaired) electrons. The van der Waals surface area contributed by atoms with Gasteiger partial charge >= 0.3 is 0 Å². The number of ether oxygens (including phenoxy) is 3. The lowest BCUT2D eigenvalue weighted by Crippen LogP contribution is -2.53. The molecule has 0 aromatic heterocycles. The average molecular weight is 412 g/mol. The summed E-state index contributed by atoms with van der Waals surface area (Å²) in [5.41, 5.74) is 3.38. The molecule has 2 heterocycles. The van der Waals surface area contributed by atoms with Gasteiger partial charge in [-0.3, -0.25) is 4.90 Å². The Labute approximate surface area is 179 Å². The van der Waals surface area contributed by atoms with E-state index in [-0.39, 0.29) is 17.7 Å². The van der Waals surface area contributed by atoms with Gasteiger partial charge in [-0.2, -0.15) is 0 Å². The molecule has 0 bridgehead atoms. The minimum absolute atomic E-state index is 0.154. The predicted octanol–water partition coefficient (Wildman–Crippen LogP) is 4.12. The Bertz CT molecular complexity index is 861. The first kappa shape index (κ1) is 21.2. The number of aliphatic hydroxyl groups excluding tert-OH is 1. The normalized spacial score (nSPS) is 24.1. The van der Waals surface area contributed by atoms with Crippen LogP contribution in [0.5, 0.6) is 11.5 Å². The van der Waals surface area contributed by atoms with Gasteiger partial charge in [0.05, 0.1) is 24.9 Å². The molecule has 1 fully saturated rings. The van der Waals surface area contributed by atoms with E-state index in [0.29, 0.717) is 13.0 Å². The van der Waals surface area contributed by atoms with Crippen LogP contribution in [0.1, 0.15) is 49.9 Å². The largest absolute Gasteiger partial charge is 0.493 e. The fraction of sp³-hybridized carbons (Fsp3) is 0.520. The number of fused-ring (bicyclic) bond motifs is 3. The van der Waals surface area contributed by atoms with E-state index in [4.69, 9.17) is 14.2 Å². The molecule has 30 heavy (non-hydrogen) atoms. The van der Waals surface area contributed by atoms with Crippen molar-refractivity contribution >= 4 is 0 Å². The highest BCUT2D eigenvalue weighted by Gasteiger charge is 2.40. The van der Waals surface area contributed by atoms with E-state index >= 15 is 0 Å². The van der Waals surface area contributed by atoms with E-state index in [1.165, 1.54) is 11.1 Å². The topological polar surface area (TPSA) is 51.2 Å². The van der Waals surface area contributed by atoms with Crippen molar-refractivity contribution in [2.24, 2.45) is 0 Å². The lowest BCUT2D eigenvalue weighted by atomic mass is 9.84. The Balaban J connectivity index is 1.53. The van der Waals surface area contributed by atoms with E-state index in [9.17, 15) is 5.11 Å². The van der Waals surface area contributed by atoms with Crippen LogP contribution < -0.4 is 9.47 Å². The van der Waals surface area contributed by atoms with Crippen LogP contribution in [0.15, 0.2) is 42.5 Å². The molecule has 2 aliphatic heterocycles. The Morgan fingerprint density at radius 2 is 1.87 bits per heavy atom. The molecular weight excluding hydrogens is 378 g/mol. The number of hydrogen-bond donors (Lipinski definition) is 1. The minimum Gasteiger partial charge on any atom is -0.493 e. The summed E-state index contributed by atoms with van der Waals surface area (Å²) in [6, 6.07) is 14.6. The Morgan fingerprint density at radius 3 is 2.57 bits per heavy atom. The van der Waals surface area contributed by atoms with Gasteiger partial charge in [-0.05, 0) is 62.4 Å². The van der Waals surface area contributed by atoms with Gasteiger partial charge in [0, 0.05) is 19.1 Å². The van der Waals surface area contributed by atoms with Gasteiger partial charge in [0.2, 0.25) is 0 Å². The molecule has 0 amide bonds. The van der Waals surface area contributed by atoms with E-state index < -0.39 is 6.10 Å². The zero-order valence-electron chi connectivity index (χ0n) is 18.4. The molecule has 3 atom stereocenters. The van der Waals surface area contributed by atoms with E-state index in [1.807, 2.05) is 39.0 Å². The summed E-state index contributed by atoms with van der Waals surface area (Å²) in [6.07, 6.45) is 0.992. The van der Waals surface area contributed by atoms with Gasteiger partial charge in [-0.25, -0.2) is 0 Å². The van der Waals surface area contributed by atoms with Crippen molar-refractivity contribution in [2.75, 3.05) is 20.2 Å². The van der Waals surface area contributed by atoms with Crippen LogP contribution in [0.2, 0.25) is 0 Å². The minimum atomic E-state index is -0.476. The van der Waals surface area contributed by atoms with Crippen LogP contribution >= 0.6 is 0 Å². The van der Waals surface area contributed by atoms with Crippen molar-refractivity contribution in [1.29, 1.82) is 0 Å². The molecule has 2 aromatic rings. The summed E-state index contributed by atoms with van der Waals surface area (Å²) in [7, 11) is 1.68. The van der Waals surface area contributed by atoms with Crippen molar-refractivity contribution in [2.45, 2.75) is 64.1 Å². The Morgan fingerprint density at radius 1 is 1.10 bits per heavy atom. The number of rotatable bonds is 5. The van der Waals surface area contributed by atoms with E-state index in [0.717, 1.165) is 36.6 Å². The molecule has 0 aliphatic carbocycles. The maximum Gasteiger partial charge on any atom is 0.161 e. The molecule has 1 N–H and O–H groups in total. The summed E-state index contributed by atoms with van der Waals surface area (Å²) in [6.45, 7) is 8.34. The fourth-order valence-corrected chi connectivity index (χ4v) is 4.57. The smallest absolute Gasteiger partial charge is 0.161 e. The molecule has 4 rings (SSSR count). The van der Waals surface area contributed by atoms with Crippen LogP contribution in [-0.4, -0.2) is 48.0 Å². The molecule has 0 unspecified atom stereocenters. The van der Waals surface area contributed by atoms with E-state index in [2.05, 4.69) is 29.2 Å². The third-order valence-corrected chi connectivity index (χ3v) is 5.94. The first-order valence-corrected chi connectivity index (χ1v) is 10.8. The zero-order chi connectivity index (χ0) is 21.3. The van der Waals surface area contributed by atoms with Gasteiger partial charge in [0.25, 0.3) is 0 Å². The zero-order valence-corrected chi connectivity index (χ0v) is 18.4. The predicted molar refractivity (Wildman–Crippen MR) is 117 cm³/mol. The number of benzene rings is 2. The molecule has 0 saturated carbocycles. The van der Waals surface area contributed by atoms with Crippen LogP contribution in [0, 0.1) is 0 Å². The lowest BCUT2D eigenvalue weighted by Gasteiger charge is -2.46. The molecule has 2 aromatic carbocycles. The van der Waals surface area contributed by atoms with Crippen LogP contribution in [-0.2, 0) is 17.8 Å².